The summed E-state index contributed by atoms with van der Waals surface area (Å²) in [6.07, 6.45) is 14.4. The Morgan fingerprint density at radius 1 is 0.977 bits per heavy atom. The van der Waals surface area contributed by atoms with Gasteiger partial charge in [0, 0.05) is 19.6 Å². The Morgan fingerprint density at radius 3 is 2.53 bits per heavy atom. The molecule has 4 saturated carbocycles. The van der Waals surface area contributed by atoms with Crippen LogP contribution in [-0.4, -0.2) is 56.1 Å². The Morgan fingerprint density at radius 2 is 1.74 bits per heavy atom. The molecule has 0 aromatic heterocycles. The Labute approximate surface area is 260 Å². The van der Waals surface area contributed by atoms with E-state index in [1.807, 2.05) is 12.1 Å². The molecule has 6 aliphatic rings. The number of rotatable bonds is 8. The van der Waals surface area contributed by atoms with Crippen LogP contribution in [0.5, 0.6) is 0 Å². The zero-order valence-corrected chi connectivity index (χ0v) is 27.4. The van der Waals surface area contributed by atoms with Gasteiger partial charge in [-0.15, -0.1) is 0 Å². The first-order valence-corrected chi connectivity index (χ1v) is 18.1. The van der Waals surface area contributed by atoms with E-state index in [-0.39, 0.29) is 5.82 Å². The van der Waals surface area contributed by atoms with Gasteiger partial charge in [-0.3, -0.25) is 4.90 Å². The number of hydrogen-bond donors (Lipinski definition) is 0. The van der Waals surface area contributed by atoms with Crippen molar-refractivity contribution < 1.29 is 18.6 Å². The van der Waals surface area contributed by atoms with Crippen molar-refractivity contribution in [2.45, 2.75) is 117 Å². The lowest BCUT2D eigenvalue weighted by atomic mass is 9.44. The van der Waals surface area contributed by atoms with Crippen molar-refractivity contribution in [3.8, 4) is 0 Å². The number of fused-ring (bicyclic) bond motifs is 7. The van der Waals surface area contributed by atoms with Crippen LogP contribution in [0.3, 0.4) is 0 Å². The highest BCUT2D eigenvalue weighted by Crippen LogP contribution is 2.70. The van der Waals surface area contributed by atoms with E-state index in [2.05, 4.69) is 32.6 Å². The van der Waals surface area contributed by atoms with Gasteiger partial charge in [0.2, 0.25) is 0 Å². The number of benzene rings is 1. The van der Waals surface area contributed by atoms with Crippen molar-refractivity contribution in [2.75, 3.05) is 32.8 Å². The molecular weight excluding hydrogens is 537 g/mol. The van der Waals surface area contributed by atoms with Crippen LogP contribution in [0.4, 0.5) is 4.39 Å². The molecule has 4 aliphatic carbocycles. The molecule has 6 fully saturated rings. The second-order valence-electron chi connectivity index (χ2n) is 16.5. The van der Waals surface area contributed by atoms with E-state index in [4.69, 9.17) is 14.2 Å². The van der Waals surface area contributed by atoms with E-state index in [1.165, 1.54) is 70.8 Å². The second kappa shape index (κ2) is 12.3. The van der Waals surface area contributed by atoms with Crippen molar-refractivity contribution in [3.05, 3.63) is 35.6 Å². The first-order valence-electron chi connectivity index (χ1n) is 18.1. The van der Waals surface area contributed by atoms with E-state index in [0.717, 1.165) is 67.4 Å². The van der Waals surface area contributed by atoms with Crippen LogP contribution >= 0.6 is 0 Å². The zero-order chi connectivity index (χ0) is 29.8. The first-order chi connectivity index (χ1) is 20.7. The molecule has 4 nitrogen and oxygen atoms in total. The van der Waals surface area contributed by atoms with Crippen molar-refractivity contribution in [1.29, 1.82) is 0 Å². The summed E-state index contributed by atoms with van der Waals surface area (Å²) in [5.74, 6) is 5.37. The molecule has 1 aromatic rings. The standard InChI is InChI=1S/C38H58FNO3/c1-25(23-40-17-19-41-20-18-40)5-12-34-26(2)36-35(43-34)22-33-31-11-8-28-21-30(42-24-27-6-9-29(39)10-7-27)13-15-37(28,3)32(31)14-16-38(33,36)4/h6-7,9-10,25-26,28,30-36H,5,8,11-24H2,1-4H3/t25-,26+,28+,30-,31+,32-,33-,34+,35-,36-,37-,38-/m0/s1. The number of hydrogen-bond acceptors (Lipinski definition) is 4. The Balaban J connectivity index is 0.942. The summed E-state index contributed by atoms with van der Waals surface area (Å²) in [5, 5.41) is 0. The summed E-state index contributed by atoms with van der Waals surface area (Å²) < 4.78 is 32.3. The Hall–Kier alpha value is -1.01. The minimum Gasteiger partial charge on any atom is -0.379 e. The smallest absolute Gasteiger partial charge is 0.123 e. The van der Waals surface area contributed by atoms with E-state index in [0.29, 0.717) is 41.7 Å². The van der Waals surface area contributed by atoms with Crippen LogP contribution in [0.25, 0.3) is 0 Å². The summed E-state index contributed by atoms with van der Waals surface area (Å²) in [4.78, 5) is 2.59. The number of morpholine rings is 1. The number of ether oxygens (including phenoxy) is 3. The molecule has 2 aliphatic heterocycles. The van der Waals surface area contributed by atoms with Gasteiger partial charge in [-0.25, -0.2) is 4.39 Å². The highest BCUT2D eigenvalue weighted by molar-refractivity contribution is 5.16. The summed E-state index contributed by atoms with van der Waals surface area (Å²) in [7, 11) is 0. The highest BCUT2D eigenvalue weighted by Gasteiger charge is 2.65. The molecule has 0 bridgehead atoms. The fourth-order valence-electron chi connectivity index (χ4n) is 11.9. The molecule has 5 heteroatoms. The molecule has 0 amide bonds. The monoisotopic (exact) mass is 595 g/mol. The SMILES string of the molecule is C[C@@H](CC[C@H]1O[C@H]2C[C@H]3[C@@H]4CC[C@@H]5C[C@@H](OCc6ccc(F)cc6)CC[C@]5(C)[C@H]4CC[C@]3(C)[C@H]2[C@@H]1C)CN1CCOCC1. The maximum atomic E-state index is 13.3. The van der Waals surface area contributed by atoms with Gasteiger partial charge < -0.3 is 14.2 Å². The van der Waals surface area contributed by atoms with E-state index >= 15 is 0 Å². The van der Waals surface area contributed by atoms with E-state index < -0.39 is 0 Å². The predicted octanol–water partition coefficient (Wildman–Crippen LogP) is 8.13. The van der Waals surface area contributed by atoms with Crippen molar-refractivity contribution in [1.82, 2.24) is 4.90 Å². The fourth-order valence-corrected chi connectivity index (χ4v) is 11.9. The molecule has 43 heavy (non-hydrogen) atoms. The number of nitrogens with zero attached hydrogens (tertiary/aromatic N) is 1. The Kier molecular flexibility index (Phi) is 8.77. The minimum atomic E-state index is -0.172. The summed E-state index contributed by atoms with van der Waals surface area (Å²) >= 11 is 0. The van der Waals surface area contributed by atoms with Crippen LogP contribution < -0.4 is 0 Å². The van der Waals surface area contributed by atoms with Crippen LogP contribution in [0.1, 0.15) is 97.5 Å². The van der Waals surface area contributed by atoms with Gasteiger partial charge >= 0.3 is 0 Å². The normalized spacial score (nSPS) is 45.2. The van der Waals surface area contributed by atoms with Gasteiger partial charge in [0.25, 0.3) is 0 Å². The van der Waals surface area contributed by atoms with Crippen LogP contribution in [0, 0.1) is 58.1 Å². The molecule has 0 radical (unpaired) electrons. The average Bonchev–Trinajstić information content (AvgIpc) is 3.49. The highest BCUT2D eigenvalue weighted by atomic mass is 19.1. The van der Waals surface area contributed by atoms with Crippen molar-refractivity contribution in [2.24, 2.45) is 52.3 Å². The second-order valence-corrected chi connectivity index (χ2v) is 16.5. The van der Waals surface area contributed by atoms with Crippen molar-refractivity contribution in [3.63, 3.8) is 0 Å². The van der Waals surface area contributed by atoms with Gasteiger partial charge in [0.1, 0.15) is 5.82 Å². The molecule has 0 spiro atoms. The number of halogens is 1. The lowest BCUT2D eigenvalue weighted by molar-refractivity contribution is -0.139. The average molecular weight is 596 g/mol. The molecule has 240 valence electrons. The third-order valence-corrected chi connectivity index (χ3v) is 14.2. The van der Waals surface area contributed by atoms with Gasteiger partial charge in [-0.2, -0.15) is 0 Å². The third kappa shape index (κ3) is 5.76. The maximum absolute atomic E-state index is 13.3. The largest absolute Gasteiger partial charge is 0.379 e. The molecule has 0 unspecified atom stereocenters. The van der Waals surface area contributed by atoms with Gasteiger partial charge in [-0.1, -0.05) is 39.8 Å². The van der Waals surface area contributed by atoms with Gasteiger partial charge in [0.05, 0.1) is 38.1 Å². The fraction of sp³-hybridized carbons (Fsp3) is 0.842. The zero-order valence-electron chi connectivity index (χ0n) is 27.4. The van der Waals surface area contributed by atoms with Crippen LogP contribution in [0.2, 0.25) is 0 Å². The molecular formula is C38H58FNO3. The first kappa shape index (κ1) is 30.6. The minimum absolute atomic E-state index is 0.172. The molecule has 2 heterocycles. The van der Waals surface area contributed by atoms with Crippen LogP contribution in [-0.2, 0) is 20.8 Å². The summed E-state index contributed by atoms with van der Waals surface area (Å²) in [6.45, 7) is 16.1. The molecule has 0 N–H and O–H groups in total. The molecule has 1 aromatic carbocycles. The Bertz CT molecular complexity index is 1090. The topological polar surface area (TPSA) is 30.9 Å². The predicted molar refractivity (Wildman–Crippen MR) is 169 cm³/mol. The summed E-state index contributed by atoms with van der Waals surface area (Å²) in [5.41, 5.74) is 2.00. The van der Waals surface area contributed by atoms with Crippen LogP contribution in [0.15, 0.2) is 24.3 Å². The van der Waals surface area contributed by atoms with Gasteiger partial charge in [-0.05, 0) is 134 Å². The molecule has 2 saturated heterocycles. The maximum Gasteiger partial charge on any atom is 0.123 e. The quantitative estimate of drug-likeness (QED) is 0.304. The van der Waals surface area contributed by atoms with Gasteiger partial charge in [0.15, 0.2) is 0 Å². The molecule has 12 atom stereocenters. The lowest BCUT2D eigenvalue weighted by Gasteiger charge is -2.61. The third-order valence-electron chi connectivity index (χ3n) is 14.2. The van der Waals surface area contributed by atoms with Crippen molar-refractivity contribution >= 4 is 0 Å². The van der Waals surface area contributed by atoms with E-state index in [9.17, 15) is 4.39 Å². The lowest BCUT2D eigenvalue weighted by Crippen LogP contribution is -2.54. The summed E-state index contributed by atoms with van der Waals surface area (Å²) in [6, 6.07) is 6.82. The van der Waals surface area contributed by atoms with E-state index in [1.54, 1.807) is 12.1 Å². The molecule has 7 rings (SSSR count).